The summed E-state index contributed by atoms with van der Waals surface area (Å²) < 4.78 is 0. The van der Waals surface area contributed by atoms with Gasteiger partial charge >= 0.3 is 0 Å². The Morgan fingerprint density at radius 2 is 0.865 bits per heavy atom. The minimum atomic E-state index is -0.0832. The quantitative estimate of drug-likeness (QED) is 0.177. The fourth-order valence-corrected chi connectivity index (χ4v) is 8.55. The van der Waals surface area contributed by atoms with Crippen molar-refractivity contribution in [1.29, 1.82) is 0 Å². The van der Waals surface area contributed by atoms with Crippen LogP contribution in [0.1, 0.15) is 25.0 Å². The summed E-state index contributed by atoms with van der Waals surface area (Å²) in [6.45, 7) is 4.71. The van der Waals surface area contributed by atoms with E-state index in [0.717, 1.165) is 17.1 Å². The molecule has 0 aromatic heterocycles. The number of nitrogens with zero attached hydrogens (tertiary/aromatic N) is 1. The van der Waals surface area contributed by atoms with Crippen molar-refractivity contribution in [3.8, 4) is 33.4 Å². The first kappa shape index (κ1) is 30.4. The highest BCUT2D eigenvalue weighted by Gasteiger charge is 2.35. The maximum Gasteiger partial charge on any atom is 0.0468 e. The van der Waals surface area contributed by atoms with Gasteiger partial charge in [-0.05, 0) is 119 Å². The average molecular weight is 664 g/mol. The fourth-order valence-electron chi connectivity index (χ4n) is 8.55. The maximum absolute atomic E-state index is 2.41. The summed E-state index contributed by atoms with van der Waals surface area (Å²) in [6, 6.07) is 69.2. The van der Waals surface area contributed by atoms with Crippen LogP contribution in [0.3, 0.4) is 0 Å². The number of anilines is 3. The standard InChI is InChI=1S/C51H37N/c1-51(2)49-20-8-7-17-46(49)47-30-29-42(33-50(47)51)52(41-28-23-34-11-3-4-13-38(34)31-41)40-26-24-37(25-27-40)44-18-10-15-36-21-22-39(32-48(36)44)45-19-9-14-35-12-5-6-16-43(35)45/h3-33H,1-2H3. The predicted octanol–water partition coefficient (Wildman–Crippen LogP) is 14.3. The first-order valence-electron chi connectivity index (χ1n) is 18.2. The number of hydrogen-bond acceptors (Lipinski definition) is 1. The molecular formula is C51H37N. The summed E-state index contributed by atoms with van der Waals surface area (Å²) in [5.74, 6) is 0. The van der Waals surface area contributed by atoms with Gasteiger partial charge in [0.25, 0.3) is 0 Å². The molecule has 1 aliphatic carbocycles. The van der Waals surface area contributed by atoms with Gasteiger partial charge in [-0.25, -0.2) is 0 Å². The SMILES string of the molecule is CC1(C)c2ccccc2-c2ccc(N(c3ccc(-c4cccc5ccc(-c6cccc7ccccc67)cc45)cc3)c3ccc4ccccc4c3)cc21. The third kappa shape index (κ3) is 4.85. The van der Waals surface area contributed by atoms with Crippen LogP contribution in [0.2, 0.25) is 0 Å². The third-order valence-corrected chi connectivity index (χ3v) is 11.2. The molecule has 0 N–H and O–H groups in total. The molecule has 0 amide bonds. The lowest BCUT2D eigenvalue weighted by Crippen LogP contribution is -2.16. The van der Waals surface area contributed by atoms with Gasteiger partial charge < -0.3 is 4.90 Å². The molecule has 0 unspecified atom stereocenters. The van der Waals surface area contributed by atoms with Gasteiger partial charge in [-0.3, -0.25) is 0 Å². The Hall–Kier alpha value is -6.44. The molecule has 1 nitrogen and oxygen atoms in total. The highest BCUT2D eigenvalue weighted by molar-refractivity contribution is 6.03. The van der Waals surface area contributed by atoms with Crippen LogP contribution in [0.15, 0.2) is 188 Å². The summed E-state index contributed by atoms with van der Waals surface area (Å²) in [6.07, 6.45) is 0. The van der Waals surface area contributed by atoms with Crippen LogP contribution in [-0.4, -0.2) is 0 Å². The van der Waals surface area contributed by atoms with E-state index in [1.807, 2.05) is 0 Å². The van der Waals surface area contributed by atoms with Crippen molar-refractivity contribution in [3.63, 3.8) is 0 Å². The molecule has 1 aliphatic rings. The molecule has 0 heterocycles. The molecule has 0 saturated carbocycles. The molecule has 9 aromatic rings. The van der Waals surface area contributed by atoms with E-state index in [9.17, 15) is 0 Å². The zero-order valence-corrected chi connectivity index (χ0v) is 29.3. The lowest BCUT2D eigenvalue weighted by atomic mass is 9.82. The number of benzene rings is 9. The first-order valence-corrected chi connectivity index (χ1v) is 18.2. The summed E-state index contributed by atoms with van der Waals surface area (Å²) in [7, 11) is 0. The van der Waals surface area contributed by atoms with Crippen molar-refractivity contribution in [2.75, 3.05) is 4.90 Å². The molecule has 0 bridgehead atoms. The molecule has 9 aromatic carbocycles. The summed E-state index contributed by atoms with van der Waals surface area (Å²) in [5, 5.41) is 7.51. The highest BCUT2D eigenvalue weighted by Crippen LogP contribution is 2.50. The topological polar surface area (TPSA) is 3.24 Å². The molecule has 0 aliphatic heterocycles. The van der Waals surface area contributed by atoms with Gasteiger partial charge in [0.15, 0.2) is 0 Å². The largest absolute Gasteiger partial charge is 0.310 e. The Morgan fingerprint density at radius 3 is 1.69 bits per heavy atom. The van der Waals surface area contributed by atoms with Gasteiger partial charge in [0.2, 0.25) is 0 Å². The van der Waals surface area contributed by atoms with E-state index in [1.165, 1.54) is 76.8 Å². The zero-order valence-electron chi connectivity index (χ0n) is 29.3. The Kier molecular flexibility index (Phi) is 6.91. The lowest BCUT2D eigenvalue weighted by Gasteiger charge is -2.28. The minimum absolute atomic E-state index is 0.0832. The smallest absolute Gasteiger partial charge is 0.0468 e. The van der Waals surface area contributed by atoms with Crippen molar-refractivity contribution in [2.45, 2.75) is 19.3 Å². The van der Waals surface area contributed by atoms with Crippen LogP contribution < -0.4 is 4.90 Å². The Bertz CT molecular complexity index is 2820. The zero-order chi connectivity index (χ0) is 34.8. The van der Waals surface area contributed by atoms with Gasteiger partial charge in [0.05, 0.1) is 0 Å². The molecule has 0 radical (unpaired) electrons. The monoisotopic (exact) mass is 663 g/mol. The normalized spacial score (nSPS) is 13.0. The molecule has 0 spiro atoms. The van der Waals surface area contributed by atoms with Crippen LogP contribution >= 0.6 is 0 Å². The Labute approximate surface area is 305 Å². The predicted molar refractivity (Wildman–Crippen MR) is 222 cm³/mol. The van der Waals surface area contributed by atoms with Crippen molar-refractivity contribution >= 4 is 49.4 Å². The van der Waals surface area contributed by atoms with Gasteiger partial charge in [0.1, 0.15) is 0 Å². The van der Waals surface area contributed by atoms with Crippen LogP contribution in [0.25, 0.3) is 65.7 Å². The van der Waals surface area contributed by atoms with Gasteiger partial charge in [-0.15, -0.1) is 0 Å². The molecule has 10 rings (SSSR count). The van der Waals surface area contributed by atoms with Crippen molar-refractivity contribution in [1.82, 2.24) is 0 Å². The first-order chi connectivity index (χ1) is 25.5. The second-order valence-corrected chi connectivity index (χ2v) is 14.6. The van der Waals surface area contributed by atoms with E-state index in [4.69, 9.17) is 0 Å². The summed E-state index contributed by atoms with van der Waals surface area (Å²) in [5.41, 5.74) is 13.7. The lowest BCUT2D eigenvalue weighted by molar-refractivity contribution is 0.660. The van der Waals surface area contributed by atoms with E-state index >= 15 is 0 Å². The molecule has 246 valence electrons. The highest BCUT2D eigenvalue weighted by atomic mass is 15.1. The van der Waals surface area contributed by atoms with Gasteiger partial charge in [0, 0.05) is 22.5 Å². The van der Waals surface area contributed by atoms with Crippen molar-refractivity contribution in [3.05, 3.63) is 199 Å². The third-order valence-electron chi connectivity index (χ3n) is 11.2. The van der Waals surface area contributed by atoms with Crippen LogP contribution in [-0.2, 0) is 5.41 Å². The van der Waals surface area contributed by atoms with Gasteiger partial charge in [-0.1, -0.05) is 159 Å². The van der Waals surface area contributed by atoms with Crippen LogP contribution in [0.4, 0.5) is 17.1 Å². The van der Waals surface area contributed by atoms with E-state index in [0.29, 0.717) is 0 Å². The second kappa shape index (κ2) is 11.8. The van der Waals surface area contributed by atoms with E-state index in [2.05, 4.69) is 207 Å². The Balaban J connectivity index is 1.09. The molecule has 0 atom stereocenters. The fraction of sp³-hybridized carbons (Fsp3) is 0.0588. The molecule has 1 heteroatoms. The van der Waals surface area contributed by atoms with Crippen LogP contribution in [0, 0.1) is 0 Å². The number of hydrogen-bond donors (Lipinski definition) is 0. The van der Waals surface area contributed by atoms with E-state index in [1.54, 1.807) is 0 Å². The van der Waals surface area contributed by atoms with E-state index in [-0.39, 0.29) is 5.41 Å². The molecular weight excluding hydrogens is 627 g/mol. The second-order valence-electron chi connectivity index (χ2n) is 14.6. The number of rotatable bonds is 5. The van der Waals surface area contributed by atoms with Crippen molar-refractivity contribution < 1.29 is 0 Å². The maximum atomic E-state index is 2.41. The van der Waals surface area contributed by atoms with Crippen molar-refractivity contribution in [2.24, 2.45) is 0 Å². The molecule has 0 fully saturated rings. The summed E-state index contributed by atoms with van der Waals surface area (Å²) in [4.78, 5) is 2.41. The van der Waals surface area contributed by atoms with Crippen LogP contribution in [0.5, 0.6) is 0 Å². The molecule has 0 saturated heterocycles. The summed E-state index contributed by atoms with van der Waals surface area (Å²) >= 11 is 0. The number of fused-ring (bicyclic) bond motifs is 6. The van der Waals surface area contributed by atoms with E-state index < -0.39 is 0 Å². The minimum Gasteiger partial charge on any atom is -0.310 e. The molecule has 52 heavy (non-hydrogen) atoms. The average Bonchev–Trinajstić information content (AvgIpc) is 3.43. The van der Waals surface area contributed by atoms with Gasteiger partial charge in [-0.2, -0.15) is 0 Å². The Morgan fingerprint density at radius 1 is 0.327 bits per heavy atom.